The molecule has 0 nitrogen and oxygen atoms in total. The van der Waals surface area contributed by atoms with Crippen molar-refractivity contribution in [1.82, 2.24) is 0 Å². The quantitative estimate of drug-likeness (QED) is 0.572. The van der Waals surface area contributed by atoms with E-state index in [1.807, 2.05) is 0 Å². The van der Waals surface area contributed by atoms with Gasteiger partial charge in [0.05, 0.1) is 0 Å². The van der Waals surface area contributed by atoms with E-state index in [9.17, 15) is 0 Å². The van der Waals surface area contributed by atoms with Gasteiger partial charge in [-0.25, -0.2) is 0 Å². The average Bonchev–Trinajstić information content (AvgIpc) is 3.14. The van der Waals surface area contributed by atoms with Gasteiger partial charge in [-0.3, -0.25) is 0 Å². The Morgan fingerprint density at radius 3 is 2.91 bits per heavy atom. The summed E-state index contributed by atoms with van der Waals surface area (Å²) in [6.07, 6.45) is 12.7. The second-order valence-electron chi connectivity index (χ2n) is 6.35. The van der Waals surface area contributed by atoms with Gasteiger partial charge in [-0.05, 0) is 70.1 Å². The van der Waals surface area contributed by atoms with Crippen LogP contribution >= 0.6 is 15.9 Å². The summed E-state index contributed by atoms with van der Waals surface area (Å²) in [7, 11) is 0. The molecule has 110 valence electrons. The summed E-state index contributed by atoms with van der Waals surface area (Å²) in [5.41, 5.74) is 5.95. The molecular weight excluding hydrogens is 332 g/mol. The van der Waals surface area contributed by atoms with Crippen LogP contribution in [-0.4, -0.2) is 0 Å². The summed E-state index contributed by atoms with van der Waals surface area (Å²) in [6, 6.07) is 11.1. The van der Waals surface area contributed by atoms with Gasteiger partial charge < -0.3 is 0 Å². The Kier molecular flexibility index (Phi) is 3.54. The van der Waals surface area contributed by atoms with Crippen molar-refractivity contribution in [2.45, 2.75) is 32.1 Å². The lowest BCUT2D eigenvalue weighted by Gasteiger charge is -2.16. The third-order valence-corrected chi connectivity index (χ3v) is 5.81. The molecule has 0 aliphatic heterocycles. The number of allylic oxidation sites excluding steroid dienone is 5. The fourth-order valence-electron chi connectivity index (χ4n) is 3.74. The van der Waals surface area contributed by atoms with Crippen molar-refractivity contribution in [3.8, 4) is 0 Å². The summed E-state index contributed by atoms with van der Waals surface area (Å²) in [5.74, 6) is 0.567. The number of hydrogen-bond donors (Lipinski definition) is 0. The Labute approximate surface area is 140 Å². The molecule has 0 N–H and O–H groups in total. The zero-order valence-corrected chi connectivity index (χ0v) is 14.4. The predicted molar refractivity (Wildman–Crippen MR) is 99.1 cm³/mol. The fraction of sp³-hybridized carbons (Fsp3) is 0.238. The highest BCUT2D eigenvalue weighted by Gasteiger charge is 2.25. The summed E-state index contributed by atoms with van der Waals surface area (Å²) < 4.78 is 1.25. The molecule has 2 aromatic rings. The van der Waals surface area contributed by atoms with Crippen LogP contribution in [-0.2, 0) is 0 Å². The lowest BCUT2D eigenvalue weighted by atomic mass is 9.89. The van der Waals surface area contributed by atoms with E-state index in [1.165, 1.54) is 44.8 Å². The molecule has 2 aromatic carbocycles. The molecule has 2 aliphatic rings. The van der Waals surface area contributed by atoms with Crippen LogP contribution in [0.2, 0.25) is 0 Å². The SMILES string of the molecule is CC1=Cc2c(cc3ccccc3c2Br)C1CCC1=CC=CC1. The smallest absolute Gasteiger partial charge is 0.0329 e. The summed E-state index contributed by atoms with van der Waals surface area (Å²) in [5, 5.41) is 2.65. The van der Waals surface area contributed by atoms with E-state index in [0.29, 0.717) is 5.92 Å². The number of fused-ring (bicyclic) bond motifs is 2. The first-order chi connectivity index (χ1) is 10.7. The topological polar surface area (TPSA) is 0 Å². The van der Waals surface area contributed by atoms with Gasteiger partial charge in [0.2, 0.25) is 0 Å². The van der Waals surface area contributed by atoms with Crippen molar-refractivity contribution in [3.63, 3.8) is 0 Å². The normalized spacial score (nSPS) is 19.5. The van der Waals surface area contributed by atoms with Crippen molar-refractivity contribution >= 4 is 32.8 Å². The van der Waals surface area contributed by atoms with Gasteiger partial charge in [0.25, 0.3) is 0 Å². The largest absolute Gasteiger partial charge is 0.0805 e. The molecule has 0 bridgehead atoms. The molecule has 2 aliphatic carbocycles. The molecule has 0 amide bonds. The summed E-state index contributed by atoms with van der Waals surface area (Å²) in [4.78, 5) is 0. The monoisotopic (exact) mass is 350 g/mol. The molecule has 0 radical (unpaired) electrons. The maximum atomic E-state index is 3.84. The fourth-order valence-corrected chi connectivity index (χ4v) is 4.44. The van der Waals surface area contributed by atoms with Gasteiger partial charge in [-0.1, -0.05) is 59.7 Å². The Hall–Kier alpha value is -1.60. The van der Waals surface area contributed by atoms with Crippen molar-refractivity contribution in [2.75, 3.05) is 0 Å². The zero-order chi connectivity index (χ0) is 15.1. The molecule has 0 fully saturated rings. The predicted octanol–water partition coefficient (Wildman–Crippen LogP) is 6.77. The second kappa shape index (κ2) is 5.55. The van der Waals surface area contributed by atoms with E-state index < -0.39 is 0 Å². The van der Waals surface area contributed by atoms with Crippen LogP contribution < -0.4 is 0 Å². The van der Waals surface area contributed by atoms with Crippen molar-refractivity contribution < 1.29 is 0 Å². The van der Waals surface area contributed by atoms with Crippen LogP contribution in [0.25, 0.3) is 16.8 Å². The van der Waals surface area contributed by atoms with Gasteiger partial charge in [0, 0.05) is 10.4 Å². The first kappa shape index (κ1) is 14.0. The molecule has 1 atom stereocenters. The molecule has 4 rings (SSSR count). The molecule has 0 heterocycles. The lowest BCUT2D eigenvalue weighted by Crippen LogP contribution is -1.99. The van der Waals surface area contributed by atoms with Gasteiger partial charge in [0.15, 0.2) is 0 Å². The van der Waals surface area contributed by atoms with Crippen LogP contribution in [0.15, 0.2) is 64.2 Å². The van der Waals surface area contributed by atoms with Crippen LogP contribution in [0.4, 0.5) is 0 Å². The Balaban J connectivity index is 1.71. The Bertz CT molecular complexity index is 836. The van der Waals surface area contributed by atoms with E-state index in [1.54, 1.807) is 5.57 Å². The van der Waals surface area contributed by atoms with Crippen LogP contribution in [0.5, 0.6) is 0 Å². The molecule has 22 heavy (non-hydrogen) atoms. The van der Waals surface area contributed by atoms with Gasteiger partial charge in [-0.15, -0.1) is 0 Å². The Morgan fingerprint density at radius 1 is 1.23 bits per heavy atom. The number of hydrogen-bond acceptors (Lipinski definition) is 0. The molecular formula is C21H19Br. The Morgan fingerprint density at radius 2 is 2.09 bits per heavy atom. The molecule has 0 saturated heterocycles. The van der Waals surface area contributed by atoms with Crippen molar-refractivity contribution in [3.05, 3.63) is 75.3 Å². The average molecular weight is 351 g/mol. The van der Waals surface area contributed by atoms with Gasteiger partial charge in [-0.2, -0.15) is 0 Å². The van der Waals surface area contributed by atoms with Gasteiger partial charge >= 0.3 is 0 Å². The van der Waals surface area contributed by atoms with Crippen LogP contribution in [0.3, 0.4) is 0 Å². The standard InChI is InChI=1S/C21H19Br/c1-14-12-20-19(17(14)11-10-15-6-2-3-7-15)13-16-8-4-5-9-18(16)21(20)22/h2-6,8-9,12-13,17H,7,10-11H2,1H3. The number of benzene rings is 2. The van der Waals surface area contributed by atoms with E-state index in [2.05, 4.69) is 77.5 Å². The zero-order valence-electron chi connectivity index (χ0n) is 12.8. The maximum Gasteiger partial charge on any atom is 0.0329 e. The molecule has 0 saturated carbocycles. The summed E-state index contributed by atoms with van der Waals surface area (Å²) >= 11 is 3.84. The second-order valence-corrected chi connectivity index (χ2v) is 7.14. The minimum Gasteiger partial charge on any atom is -0.0805 e. The van der Waals surface area contributed by atoms with E-state index in [-0.39, 0.29) is 0 Å². The third kappa shape index (κ3) is 2.28. The van der Waals surface area contributed by atoms with Crippen LogP contribution in [0, 0.1) is 0 Å². The summed E-state index contributed by atoms with van der Waals surface area (Å²) in [6.45, 7) is 2.28. The minimum atomic E-state index is 0.567. The van der Waals surface area contributed by atoms with E-state index in [4.69, 9.17) is 0 Å². The minimum absolute atomic E-state index is 0.567. The highest BCUT2D eigenvalue weighted by Crippen LogP contribution is 2.45. The number of rotatable bonds is 3. The van der Waals surface area contributed by atoms with E-state index in [0.717, 1.165) is 6.42 Å². The molecule has 1 heteroatoms. The van der Waals surface area contributed by atoms with Crippen molar-refractivity contribution in [2.24, 2.45) is 0 Å². The molecule has 0 aromatic heterocycles. The molecule has 0 spiro atoms. The highest BCUT2D eigenvalue weighted by molar-refractivity contribution is 9.10. The highest BCUT2D eigenvalue weighted by atomic mass is 79.9. The first-order valence-electron chi connectivity index (χ1n) is 7.98. The van der Waals surface area contributed by atoms with Crippen molar-refractivity contribution in [1.29, 1.82) is 0 Å². The molecule has 1 unspecified atom stereocenters. The van der Waals surface area contributed by atoms with Crippen LogP contribution in [0.1, 0.15) is 43.2 Å². The third-order valence-electron chi connectivity index (χ3n) is 4.95. The number of halogens is 1. The first-order valence-corrected chi connectivity index (χ1v) is 8.77. The lowest BCUT2D eigenvalue weighted by molar-refractivity contribution is 0.705. The van der Waals surface area contributed by atoms with E-state index >= 15 is 0 Å². The maximum absolute atomic E-state index is 3.84. The van der Waals surface area contributed by atoms with Gasteiger partial charge in [0.1, 0.15) is 0 Å².